The molecular formula is C13H24N4O2S. The van der Waals surface area contributed by atoms with Gasteiger partial charge in [0.25, 0.3) is 0 Å². The molecule has 20 heavy (non-hydrogen) atoms. The van der Waals surface area contributed by atoms with Crippen LogP contribution in [-0.4, -0.2) is 51.0 Å². The lowest BCUT2D eigenvalue weighted by molar-refractivity contribution is 0.370. The Balaban J connectivity index is 1.94. The topological polar surface area (TPSA) is 77.2 Å². The molecule has 7 heteroatoms. The molecule has 2 rings (SSSR count). The van der Waals surface area contributed by atoms with Crippen molar-refractivity contribution in [2.75, 3.05) is 20.6 Å². The van der Waals surface area contributed by atoms with Crippen LogP contribution >= 0.6 is 0 Å². The summed E-state index contributed by atoms with van der Waals surface area (Å²) in [5, 5.41) is 3.35. The van der Waals surface area contributed by atoms with Gasteiger partial charge in [0.2, 0.25) is 10.0 Å². The van der Waals surface area contributed by atoms with E-state index in [1.165, 1.54) is 12.8 Å². The molecule has 1 fully saturated rings. The predicted octanol–water partition coefficient (Wildman–Crippen LogP) is 0.495. The monoisotopic (exact) mass is 300 g/mol. The maximum atomic E-state index is 12.2. The van der Waals surface area contributed by atoms with E-state index >= 15 is 0 Å². The van der Waals surface area contributed by atoms with Gasteiger partial charge in [-0.25, -0.2) is 13.1 Å². The number of nitrogens with zero attached hydrogens (tertiary/aromatic N) is 1. The first-order valence-corrected chi connectivity index (χ1v) is 8.43. The van der Waals surface area contributed by atoms with Crippen LogP contribution in [0, 0.1) is 0 Å². The molecule has 0 saturated heterocycles. The van der Waals surface area contributed by atoms with Gasteiger partial charge < -0.3 is 15.2 Å². The van der Waals surface area contributed by atoms with E-state index in [4.69, 9.17) is 0 Å². The molecule has 0 aliphatic heterocycles. The van der Waals surface area contributed by atoms with Crippen LogP contribution in [0.4, 0.5) is 0 Å². The van der Waals surface area contributed by atoms with Gasteiger partial charge in [-0.1, -0.05) is 0 Å². The van der Waals surface area contributed by atoms with Crippen molar-refractivity contribution in [2.45, 2.75) is 43.3 Å². The highest BCUT2D eigenvalue weighted by atomic mass is 32.2. The van der Waals surface area contributed by atoms with Crippen LogP contribution in [0.15, 0.2) is 17.2 Å². The quantitative estimate of drug-likeness (QED) is 0.653. The summed E-state index contributed by atoms with van der Waals surface area (Å²) in [6.45, 7) is 3.22. The molecule has 1 saturated carbocycles. The Labute approximate surface area is 121 Å². The highest BCUT2D eigenvalue weighted by Crippen LogP contribution is 2.19. The van der Waals surface area contributed by atoms with Gasteiger partial charge in [0.05, 0.1) is 4.90 Å². The molecule has 1 aromatic rings. The molecule has 1 heterocycles. The lowest BCUT2D eigenvalue weighted by Gasteiger charge is -2.17. The predicted molar refractivity (Wildman–Crippen MR) is 79.0 cm³/mol. The SMILES string of the molecule is CC(CN(C)C)NS(=O)(=O)c1c[nH]c(CNC2CC2)c1. The zero-order chi connectivity index (χ0) is 14.8. The van der Waals surface area contributed by atoms with Gasteiger partial charge in [-0.2, -0.15) is 0 Å². The van der Waals surface area contributed by atoms with E-state index in [1.807, 2.05) is 25.9 Å². The maximum Gasteiger partial charge on any atom is 0.242 e. The molecule has 3 N–H and O–H groups in total. The molecule has 114 valence electrons. The third kappa shape index (κ3) is 4.59. The van der Waals surface area contributed by atoms with E-state index in [9.17, 15) is 8.42 Å². The second kappa shape index (κ2) is 6.26. The summed E-state index contributed by atoms with van der Waals surface area (Å²) in [7, 11) is 0.396. The summed E-state index contributed by atoms with van der Waals surface area (Å²) in [4.78, 5) is 5.27. The summed E-state index contributed by atoms with van der Waals surface area (Å²) < 4.78 is 27.1. The Kier molecular flexibility index (Phi) is 4.85. The second-order valence-corrected chi connectivity index (χ2v) is 7.51. The lowest BCUT2D eigenvalue weighted by atomic mass is 10.3. The molecule has 0 spiro atoms. The molecule has 0 amide bonds. The minimum Gasteiger partial charge on any atom is -0.363 e. The van der Waals surface area contributed by atoms with Gasteiger partial charge in [0, 0.05) is 37.1 Å². The van der Waals surface area contributed by atoms with Crippen LogP contribution < -0.4 is 10.0 Å². The van der Waals surface area contributed by atoms with E-state index in [2.05, 4.69) is 15.0 Å². The van der Waals surface area contributed by atoms with E-state index in [-0.39, 0.29) is 6.04 Å². The summed E-state index contributed by atoms with van der Waals surface area (Å²) >= 11 is 0. The number of sulfonamides is 1. The van der Waals surface area contributed by atoms with E-state index in [0.29, 0.717) is 24.0 Å². The summed E-state index contributed by atoms with van der Waals surface area (Å²) in [5.74, 6) is 0. The first kappa shape index (κ1) is 15.5. The fourth-order valence-corrected chi connectivity index (χ4v) is 3.39. The Morgan fingerprint density at radius 1 is 1.45 bits per heavy atom. The average molecular weight is 300 g/mol. The standard InChI is InChI=1S/C13H24N4O2S/c1-10(9-17(2)3)16-20(18,19)13-6-12(15-8-13)7-14-11-4-5-11/h6,8,10-11,14-16H,4-5,7,9H2,1-3H3. The minimum atomic E-state index is -3.44. The fraction of sp³-hybridized carbons (Fsp3) is 0.692. The molecule has 0 bridgehead atoms. The third-order valence-electron chi connectivity index (χ3n) is 3.18. The zero-order valence-electron chi connectivity index (χ0n) is 12.3. The van der Waals surface area contributed by atoms with Crippen LogP contribution in [0.5, 0.6) is 0 Å². The molecule has 1 aliphatic rings. The number of rotatable bonds is 8. The van der Waals surface area contributed by atoms with Crippen molar-refractivity contribution in [2.24, 2.45) is 0 Å². The maximum absolute atomic E-state index is 12.2. The van der Waals surface area contributed by atoms with Gasteiger partial charge in [-0.15, -0.1) is 0 Å². The van der Waals surface area contributed by atoms with Crippen LogP contribution in [0.3, 0.4) is 0 Å². The van der Waals surface area contributed by atoms with Crippen molar-refractivity contribution in [3.63, 3.8) is 0 Å². The molecule has 1 unspecified atom stereocenters. The molecule has 6 nitrogen and oxygen atoms in total. The van der Waals surface area contributed by atoms with E-state index < -0.39 is 10.0 Å². The third-order valence-corrected chi connectivity index (χ3v) is 4.75. The van der Waals surface area contributed by atoms with Gasteiger partial charge in [-0.3, -0.25) is 0 Å². The van der Waals surface area contributed by atoms with Crippen LogP contribution in [-0.2, 0) is 16.6 Å². The normalized spacial score (nSPS) is 17.6. The van der Waals surface area contributed by atoms with Gasteiger partial charge in [0.15, 0.2) is 0 Å². The number of H-pyrrole nitrogens is 1. The lowest BCUT2D eigenvalue weighted by Crippen LogP contribution is -2.39. The summed E-state index contributed by atoms with van der Waals surface area (Å²) in [6.07, 6.45) is 3.99. The number of aromatic nitrogens is 1. The number of likely N-dealkylation sites (N-methyl/N-ethyl adjacent to an activating group) is 1. The first-order chi connectivity index (χ1) is 9.37. The van der Waals surface area contributed by atoms with E-state index in [1.54, 1.807) is 12.3 Å². The fourth-order valence-electron chi connectivity index (χ4n) is 2.14. The number of hydrogen-bond acceptors (Lipinski definition) is 4. The van der Waals surface area contributed by atoms with Crippen molar-refractivity contribution >= 4 is 10.0 Å². The van der Waals surface area contributed by atoms with Crippen LogP contribution in [0.1, 0.15) is 25.5 Å². The largest absolute Gasteiger partial charge is 0.363 e. The van der Waals surface area contributed by atoms with Gasteiger partial charge in [0.1, 0.15) is 0 Å². The van der Waals surface area contributed by atoms with Gasteiger partial charge in [-0.05, 0) is 39.9 Å². The first-order valence-electron chi connectivity index (χ1n) is 6.94. The zero-order valence-corrected chi connectivity index (χ0v) is 13.1. The van der Waals surface area contributed by atoms with Crippen molar-refractivity contribution < 1.29 is 8.42 Å². The Morgan fingerprint density at radius 3 is 2.75 bits per heavy atom. The Bertz CT molecular complexity index is 534. The highest BCUT2D eigenvalue weighted by molar-refractivity contribution is 7.89. The molecule has 1 aromatic heterocycles. The summed E-state index contributed by atoms with van der Waals surface area (Å²) in [6, 6.07) is 2.18. The van der Waals surface area contributed by atoms with Gasteiger partial charge >= 0.3 is 0 Å². The molecule has 0 radical (unpaired) electrons. The van der Waals surface area contributed by atoms with Crippen molar-refractivity contribution in [1.29, 1.82) is 0 Å². The number of nitrogens with one attached hydrogen (secondary N) is 3. The van der Waals surface area contributed by atoms with Crippen LogP contribution in [0.2, 0.25) is 0 Å². The van der Waals surface area contributed by atoms with Crippen molar-refractivity contribution in [3.8, 4) is 0 Å². The van der Waals surface area contributed by atoms with Crippen molar-refractivity contribution in [1.82, 2.24) is 19.9 Å². The minimum absolute atomic E-state index is 0.127. The Morgan fingerprint density at radius 2 is 2.15 bits per heavy atom. The molecule has 1 aliphatic carbocycles. The summed E-state index contributed by atoms with van der Waals surface area (Å²) in [5.41, 5.74) is 0.900. The average Bonchev–Trinajstić information content (AvgIpc) is 3.01. The molecule has 0 aromatic carbocycles. The highest BCUT2D eigenvalue weighted by Gasteiger charge is 2.22. The molecular weight excluding hydrogens is 276 g/mol. The van der Waals surface area contributed by atoms with Crippen LogP contribution in [0.25, 0.3) is 0 Å². The number of aromatic amines is 1. The molecule has 1 atom stereocenters. The van der Waals surface area contributed by atoms with Crippen molar-refractivity contribution in [3.05, 3.63) is 18.0 Å². The Hall–Kier alpha value is -0.890. The second-order valence-electron chi connectivity index (χ2n) is 5.80. The number of hydrogen-bond donors (Lipinski definition) is 3. The van der Waals surface area contributed by atoms with E-state index in [0.717, 1.165) is 5.69 Å². The smallest absolute Gasteiger partial charge is 0.242 e.